The molecule has 0 saturated carbocycles. The molecule has 0 unspecified atom stereocenters. The Morgan fingerprint density at radius 3 is 2.44 bits per heavy atom. The van der Waals surface area contributed by atoms with Crippen molar-refractivity contribution in [2.75, 3.05) is 7.11 Å². The number of nitrogens with two attached hydrogens (primary N) is 1. The Balaban J connectivity index is 2.26. The van der Waals surface area contributed by atoms with E-state index in [1.165, 1.54) is 0 Å². The molecule has 4 nitrogen and oxygen atoms in total. The van der Waals surface area contributed by atoms with E-state index in [0.29, 0.717) is 17.1 Å². The van der Waals surface area contributed by atoms with Gasteiger partial charge < -0.3 is 15.0 Å². The molecule has 3 aromatic rings. The average Bonchev–Trinajstić information content (AvgIpc) is 2.94. The van der Waals surface area contributed by atoms with Gasteiger partial charge in [-0.2, -0.15) is 0 Å². The van der Waals surface area contributed by atoms with Crippen LogP contribution in [0.25, 0.3) is 11.1 Å². The van der Waals surface area contributed by atoms with Crippen LogP contribution in [0, 0.1) is 6.92 Å². The zero-order valence-electron chi connectivity index (χ0n) is 15.8. The number of hydrogen-bond donors (Lipinski definition) is 1. The van der Waals surface area contributed by atoms with Gasteiger partial charge in [-0.3, -0.25) is 4.79 Å². The number of hydrogen-bond acceptors (Lipinski definition) is 2. The van der Waals surface area contributed by atoms with Crippen LogP contribution in [0.4, 0.5) is 0 Å². The lowest BCUT2D eigenvalue weighted by Crippen LogP contribution is -2.14. The molecule has 0 radical (unpaired) electrons. The van der Waals surface area contributed by atoms with Crippen LogP contribution in [-0.4, -0.2) is 17.6 Å². The standard InChI is InChI=1S/C22H23ClN2O2/c1-4-18-21(16-10-6-7-11-17(16)23)20(22(24)26)14(2)25(18)13-15-9-5-8-12-19(15)27-3/h5-12H,4,13H2,1-3H3,(H2,24,26). The number of methoxy groups -OCH3 is 1. The Labute approximate surface area is 164 Å². The third-order valence-electron chi connectivity index (χ3n) is 4.88. The van der Waals surface area contributed by atoms with Gasteiger partial charge >= 0.3 is 0 Å². The minimum Gasteiger partial charge on any atom is -0.496 e. The fourth-order valence-corrected chi connectivity index (χ4v) is 3.87. The van der Waals surface area contributed by atoms with Gasteiger partial charge in [0.15, 0.2) is 0 Å². The Morgan fingerprint density at radius 1 is 1.15 bits per heavy atom. The molecule has 0 atom stereocenters. The topological polar surface area (TPSA) is 57.2 Å². The summed E-state index contributed by atoms with van der Waals surface area (Å²) in [5.74, 6) is 0.364. The lowest BCUT2D eigenvalue weighted by Gasteiger charge is -2.14. The van der Waals surface area contributed by atoms with Crippen molar-refractivity contribution in [2.24, 2.45) is 5.73 Å². The molecular weight excluding hydrogens is 360 g/mol. The molecule has 0 fully saturated rings. The number of ether oxygens (including phenoxy) is 1. The third-order valence-corrected chi connectivity index (χ3v) is 5.21. The molecule has 2 N–H and O–H groups in total. The van der Waals surface area contributed by atoms with Crippen molar-refractivity contribution >= 4 is 17.5 Å². The predicted octanol–water partition coefficient (Wildman–Crippen LogP) is 4.84. The van der Waals surface area contributed by atoms with E-state index in [4.69, 9.17) is 22.1 Å². The number of nitrogens with zero attached hydrogens (tertiary/aromatic N) is 1. The summed E-state index contributed by atoms with van der Waals surface area (Å²) in [6.07, 6.45) is 0.740. The monoisotopic (exact) mass is 382 g/mol. The Kier molecular flexibility index (Phi) is 5.57. The van der Waals surface area contributed by atoms with Crippen molar-refractivity contribution in [1.82, 2.24) is 4.57 Å². The molecule has 3 rings (SSSR count). The van der Waals surface area contributed by atoms with Crippen molar-refractivity contribution in [1.29, 1.82) is 0 Å². The van der Waals surface area contributed by atoms with Crippen molar-refractivity contribution in [2.45, 2.75) is 26.8 Å². The zero-order chi connectivity index (χ0) is 19.6. The zero-order valence-corrected chi connectivity index (χ0v) is 16.5. The Bertz CT molecular complexity index is 992. The van der Waals surface area contributed by atoms with Crippen molar-refractivity contribution in [3.8, 4) is 16.9 Å². The second-order valence-corrected chi connectivity index (χ2v) is 6.78. The first kappa shape index (κ1) is 19.1. The van der Waals surface area contributed by atoms with Crippen LogP contribution >= 0.6 is 11.6 Å². The van der Waals surface area contributed by atoms with Gasteiger partial charge in [-0.25, -0.2) is 0 Å². The molecule has 1 amide bonds. The smallest absolute Gasteiger partial charge is 0.251 e. The predicted molar refractivity (Wildman–Crippen MR) is 110 cm³/mol. The first-order valence-electron chi connectivity index (χ1n) is 8.88. The molecule has 0 aliphatic heterocycles. The summed E-state index contributed by atoms with van der Waals surface area (Å²) >= 11 is 6.45. The van der Waals surface area contributed by atoms with E-state index in [1.54, 1.807) is 7.11 Å². The van der Waals surface area contributed by atoms with Crippen LogP contribution in [0.1, 0.15) is 34.2 Å². The Morgan fingerprint density at radius 2 is 1.81 bits per heavy atom. The van der Waals surface area contributed by atoms with Gasteiger partial charge in [0.05, 0.1) is 19.2 Å². The van der Waals surface area contributed by atoms with Gasteiger partial charge in [0.25, 0.3) is 5.91 Å². The van der Waals surface area contributed by atoms with Crippen LogP contribution in [0.15, 0.2) is 48.5 Å². The van der Waals surface area contributed by atoms with Gasteiger partial charge in [-0.05, 0) is 25.5 Å². The summed E-state index contributed by atoms with van der Waals surface area (Å²) in [4.78, 5) is 12.3. The molecule has 1 heterocycles. The van der Waals surface area contributed by atoms with Crippen molar-refractivity contribution in [3.05, 3.63) is 76.1 Å². The second kappa shape index (κ2) is 7.89. The highest BCUT2D eigenvalue weighted by atomic mass is 35.5. The number of benzene rings is 2. The normalized spacial score (nSPS) is 10.8. The van der Waals surface area contributed by atoms with Crippen LogP contribution in [-0.2, 0) is 13.0 Å². The number of para-hydroxylation sites is 1. The lowest BCUT2D eigenvalue weighted by molar-refractivity contribution is 0.1000. The van der Waals surface area contributed by atoms with E-state index in [9.17, 15) is 4.79 Å². The SMILES string of the molecule is CCc1c(-c2ccccc2Cl)c(C(N)=O)c(C)n1Cc1ccccc1OC. The number of amides is 1. The van der Waals surface area contributed by atoms with Crippen LogP contribution in [0.3, 0.4) is 0 Å². The highest BCUT2D eigenvalue weighted by Crippen LogP contribution is 2.37. The second-order valence-electron chi connectivity index (χ2n) is 6.38. The number of aromatic nitrogens is 1. The van der Waals surface area contributed by atoms with E-state index in [0.717, 1.165) is 40.2 Å². The van der Waals surface area contributed by atoms with Crippen molar-refractivity contribution < 1.29 is 9.53 Å². The van der Waals surface area contributed by atoms with E-state index in [2.05, 4.69) is 11.5 Å². The van der Waals surface area contributed by atoms with E-state index in [1.807, 2.05) is 55.5 Å². The minimum atomic E-state index is -0.448. The largest absolute Gasteiger partial charge is 0.496 e. The maximum absolute atomic E-state index is 12.3. The molecule has 5 heteroatoms. The molecule has 140 valence electrons. The minimum absolute atomic E-state index is 0.448. The highest BCUT2D eigenvalue weighted by molar-refractivity contribution is 6.33. The number of primary amides is 1. The van der Waals surface area contributed by atoms with Crippen LogP contribution < -0.4 is 10.5 Å². The highest BCUT2D eigenvalue weighted by Gasteiger charge is 2.25. The molecule has 27 heavy (non-hydrogen) atoms. The number of rotatable bonds is 6. The van der Waals surface area contributed by atoms with E-state index in [-0.39, 0.29) is 0 Å². The molecule has 0 saturated heterocycles. The Hall–Kier alpha value is -2.72. The maximum atomic E-state index is 12.3. The first-order valence-corrected chi connectivity index (χ1v) is 9.25. The number of carbonyl (C=O) groups is 1. The van der Waals surface area contributed by atoms with E-state index >= 15 is 0 Å². The fraction of sp³-hybridized carbons (Fsp3) is 0.227. The quantitative estimate of drug-likeness (QED) is 0.663. The van der Waals surface area contributed by atoms with Crippen molar-refractivity contribution in [3.63, 3.8) is 0 Å². The van der Waals surface area contributed by atoms with Gasteiger partial charge in [-0.1, -0.05) is 54.9 Å². The number of halogens is 1. The average molecular weight is 383 g/mol. The molecule has 2 aromatic carbocycles. The van der Waals surface area contributed by atoms with Gasteiger partial charge in [0.2, 0.25) is 0 Å². The number of carbonyl (C=O) groups excluding carboxylic acids is 1. The molecule has 0 spiro atoms. The summed E-state index contributed by atoms with van der Waals surface area (Å²) in [5.41, 5.74) is 10.8. The van der Waals surface area contributed by atoms with Crippen LogP contribution in [0.5, 0.6) is 5.75 Å². The molecule has 0 aliphatic rings. The third kappa shape index (κ3) is 3.45. The summed E-state index contributed by atoms with van der Waals surface area (Å²) in [7, 11) is 1.66. The molecular formula is C22H23ClN2O2. The summed E-state index contributed by atoms with van der Waals surface area (Å²) in [6, 6.07) is 15.4. The lowest BCUT2D eigenvalue weighted by atomic mass is 9.99. The summed E-state index contributed by atoms with van der Waals surface area (Å²) in [5, 5.41) is 0.601. The summed E-state index contributed by atoms with van der Waals surface area (Å²) < 4.78 is 7.63. The molecule has 1 aromatic heterocycles. The molecule has 0 bridgehead atoms. The van der Waals surface area contributed by atoms with Gasteiger partial charge in [0.1, 0.15) is 5.75 Å². The van der Waals surface area contributed by atoms with Gasteiger partial charge in [0, 0.05) is 33.1 Å². The fourth-order valence-electron chi connectivity index (χ4n) is 3.64. The summed E-state index contributed by atoms with van der Waals surface area (Å²) in [6.45, 7) is 4.58. The first-order chi connectivity index (χ1) is 13.0. The van der Waals surface area contributed by atoms with E-state index < -0.39 is 5.91 Å². The van der Waals surface area contributed by atoms with Crippen LogP contribution in [0.2, 0.25) is 5.02 Å². The molecule has 0 aliphatic carbocycles. The maximum Gasteiger partial charge on any atom is 0.251 e. The van der Waals surface area contributed by atoms with Gasteiger partial charge in [-0.15, -0.1) is 0 Å².